The van der Waals surface area contributed by atoms with E-state index in [0.29, 0.717) is 53.0 Å². The summed E-state index contributed by atoms with van der Waals surface area (Å²) < 4.78 is 14.8. The summed E-state index contributed by atoms with van der Waals surface area (Å²) in [6, 6.07) is 21.5. The second kappa shape index (κ2) is 23.2. The first-order valence-corrected chi connectivity index (χ1v) is 30.0. The van der Waals surface area contributed by atoms with Crippen molar-refractivity contribution in [1.29, 1.82) is 0 Å². The predicted molar refractivity (Wildman–Crippen MR) is 307 cm³/mol. The number of amides is 2. The second-order valence-corrected chi connectivity index (χ2v) is 24.8. The number of aryl methyl sites for hydroxylation is 1. The first kappa shape index (κ1) is 54.2. The minimum absolute atomic E-state index is 0.0885. The Morgan fingerprint density at radius 2 is 1.61 bits per heavy atom. The number of nitrogens with zero attached hydrogens (tertiary/aromatic N) is 11. The maximum Gasteiger partial charge on any atom is 0.243 e. The number of carbonyl (C=O) groups excluding carboxylic acids is 2. The third kappa shape index (κ3) is 11.4. The van der Waals surface area contributed by atoms with E-state index in [-0.39, 0.29) is 48.6 Å². The fourth-order valence-electron chi connectivity index (χ4n) is 13.5. The number of phenolic OH excluding ortho intramolecular Hbond substituents is 1. The molecule has 5 saturated heterocycles. The number of aliphatic hydroxyl groups excluding tert-OH is 1. The minimum Gasteiger partial charge on any atom is -0.507 e. The molecule has 6 aliphatic rings. The first-order chi connectivity index (χ1) is 38.8. The van der Waals surface area contributed by atoms with E-state index < -0.39 is 18.1 Å². The number of aromatic hydroxyl groups is 1. The Bertz CT molecular complexity index is 3090. The predicted octanol–water partition coefficient (Wildman–Crippen LogP) is 7.58. The molecule has 19 nitrogen and oxygen atoms in total. The zero-order chi connectivity index (χ0) is 55.2. The van der Waals surface area contributed by atoms with E-state index in [9.17, 15) is 19.8 Å². The highest BCUT2D eigenvalue weighted by atomic mass is 32.1. The van der Waals surface area contributed by atoms with Gasteiger partial charge in [-0.15, -0.1) is 21.5 Å². The number of fused-ring (bicyclic) bond motifs is 2. The van der Waals surface area contributed by atoms with E-state index in [4.69, 9.17) is 20.1 Å². The fourth-order valence-corrected chi connectivity index (χ4v) is 14.3. The Balaban J connectivity index is 0.560. The molecule has 6 atom stereocenters. The van der Waals surface area contributed by atoms with Crippen molar-refractivity contribution in [2.24, 2.45) is 11.8 Å². The number of benzene rings is 2. The van der Waals surface area contributed by atoms with Crippen LogP contribution in [-0.2, 0) is 20.9 Å². The Hall–Kier alpha value is -6.45. The van der Waals surface area contributed by atoms with Crippen molar-refractivity contribution in [2.75, 3.05) is 67.9 Å². The van der Waals surface area contributed by atoms with Crippen LogP contribution < -0.4 is 20.9 Å². The van der Waals surface area contributed by atoms with Crippen LogP contribution in [0.15, 0.2) is 83.0 Å². The summed E-state index contributed by atoms with van der Waals surface area (Å²) in [6.07, 6.45) is 10.6. The van der Waals surface area contributed by atoms with E-state index in [1.165, 1.54) is 0 Å². The molecule has 20 heteroatoms. The Labute approximate surface area is 472 Å². The molecule has 2 aromatic carbocycles. The number of para-hydroxylation sites is 1. The number of hydrogen-bond donors (Lipinski definition) is 4. The summed E-state index contributed by atoms with van der Waals surface area (Å²) in [5.74, 6) is 1.14. The van der Waals surface area contributed by atoms with Gasteiger partial charge in [0.15, 0.2) is 17.4 Å². The molecule has 6 fully saturated rings. The Morgan fingerprint density at radius 3 is 2.33 bits per heavy atom. The van der Waals surface area contributed by atoms with Crippen molar-refractivity contribution in [3.05, 3.63) is 101 Å². The monoisotopic (exact) mass is 1110 g/mol. The number of nitrogen functional groups attached to an aromatic ring is 1. The number of carbonyl (C=O) groups is 2. The number of piperidine rings is 2. The van der Waals surface area contributed by atoms with E-state index in [2.05, 4.69) is 62.2 Å². The number of hydrogen-bond acceptors (Lipinski definition) is 17. The highest BCUT2D eigenvalue weighted by Gasteiger charge is 2.45. The lowest BCUT2D eigenvalue weighted by atomic mass is 9.89. The molecule has 6 aromatic rings. The minimum atomic E-state index is -0.799. The summed E-state index contributed by atoms with van der Waals surface area (Å²) in [6.45, 7) is 15.5. The molecule has 1 unspecified atom stereocenters. The average Bonchev–Trinajstić information content (AvgIpc) is 4.33. The summed E-state index contributed by atoms with van der Waals surface area (Å²) in [4.78, 5) is 45.1. The number of thiazole rings is 1. The quantitative estimate of drug-likeness (QED) is 0.0691. The van der Waals surface area contributed by atoms with E-state index in [1.807, 2.05) is 81.7 Å². The maximum atomic E-state index is 14.4. The molecule has 5 aliphatic heterocycles. The van der Waals surface area contributed by atoms with E-state index in [1.54, 1.807) is 28.4 Å². The summed E-state index contributed by atoms with van der Waals surface area (Å²) >= 11 is 1.60. The fraction of sp³-hybridized carbons (Fsp3) is 0.550. The van der Waals surface area contributed by atoms with Gasteiger partial charge in [-0.2, -0.15) is 5.10 Å². The van der Waals surface area contributed by atoms with E-state index in [0.717, 1.165) is 143 Å². The van der Waals surface area contributed by atoms with Crippen molar-refractivity contribution in [1.82, 2.24) is 50.1 Å². The third-order valence-electron chi connectivity index (χ3n) is 18.2. The number of nitrogens with two attached hydrogens (primary N) is 1. The summed E-state index contributed by atoms with van der Waals surface area (Å²) in [5, 5.41) is 42.5. The first-order valence-electron chi connectivity index (χ1n) is 29.1. The lowest BCUT2D eigenvalue weighted by Crippen LogP contribution is -2.53. The van der Waals surface area contributed by atoms with Gasteiger partial charge in [0.1, 0.15) is 17.7 Å². The average molecular weight is 1110 g/mol. The van der Waals surface area contributed by atoms with Crippen molar-refractivity contribution < 1.29 is 29.1 Å². The molecule has 1 saturated carbocycles. The molecule has 0 spiro atoms. The zero-order valence-electron chi connectivity index (χ0n) is 46.5. The number of piperazine rings is 1. The van der Waals surface area contributed by atoms with Gasteiger partial charge in [0.05, 0.1) is 63.6 Å². The van der Waals surface area contributed by atoms with Crippen LogP contribution in [0.3, 0.4) is 0 Å². The van der Waals surface area contributed by atoms with Gasteiger partial charge in [-0.3, -0.25) is 19.2 Å². The molecule has 9 heterocycles. The smallest absolute Gasteiger partial charge is 0.243 e. The van der Waals surface area contributed by atoms with Gasteiger partial charge in [0.2, 0.25) is 11.8 Å². The SMILES string of the molecule is Cc1ncsc1-c1ccc([C@H](C)NC(=O)[C@@H]2C[C@@H](O)CN2C(=O)[C@@H](c2cc(N3CCC(CN4CCC(OC5CC(n6ccc(CN7C8CC[C@@H]7CN(c7cc(-c9ccccc9O)nnc7N)C8)n6)C5)CC4)CC3)no2)C(C)C)cc1. The summed E-state index contributed by atoms with van der Waals surface area (Å²) in [7, 11) is 0. The normalized spacial score (nSPS) is 24.9. The Kier molecular flexibility index (Phi) is 15.7. The molecule has 12 rings (SSSR count). The third-order valence-corrected chi connectivity index (χ3v) is 19.2. The molecule has 0 radical (unpaired) electrons. The Morgan fingerprint density at radius 1 is 0.863 bits per heavy atom. The largest absolute Gasteiger partial charge is 0.507 e. The van der Waals surface area contributed by atoms with Crippen LogP contribution in [0.4, 0.5) is 17.3 Å². The van der Waals surface area contributed by atoms with E-state index >= 15 is 0 Å². The van der Waals surface area contributed by atoms with Crippen LogP contribution in [0.5, 0.6) is 5.75 Å². The van der Waals surface area contributed by atoms with Gasteiger partial charge >= 0.3 is 0 Å². The molecule has 1 aliphatic carbocycles. The molecule has 4 aromatic heterocycles. The number of anilines is 3. The number of rotatable bonds is 17. The van der Waals surface area contributed by atoms with Crippen LogP contribution in [0.2, 0.25) is 0 Å². The molecule has 2 amide bonds. The highest BCUT2D eigenvalue weighted by molar-refractivity contribution is 7.13. The molecule has 80 heavy (non-hydrogen) atoms. The van der Waals surface area contributed by atoms with Crippen LogP contribution in [0, 0.1) is 18.8 Å². The molecule has 2 bridgehead atoms. The number of aliphatic hydroxyl groups is 1. The number of nitrogens with one attached hydrogen (secondary N) is 1. The molecule has 424 valence electrons. The molecular formula is C60H77N13O6S. The lowest BCUT2D eigenvalue weighted by molar-refractivity contribution is -0.141. The van der Waals surface area contributed by atoms with Gasteiger partial charge < -0.3 is 50.1 Å². The maximum absolute atomic E-state index is 14.4. The topological polar surface area (TPSA) is 221 Å². The van der Waals surface area contributed by atoms with Gasteiger partial charge in [-0.1, -0.05) is 55.4 Å². The standard InChI is InChI=1S/C60H77N13O6S/c1-36(2)56(60(77)72-34-46(74)27-52(72)59(76)63-37(3)40-9-11-41(12-10-40)57-38(4)62-35-80-57)54-29-55(67-79-54)69-22-15-39(16-23-69)30-68-20-18-47(19-21-68)78-48-25-45(26-48)73-24-17-42(66-73)31-71-43-13-14-44(71)33-70(32-43)51-28-50(64-65-58(51)61)49-7-5-6-8-53(49)75/h5-12,17,24,28-29,35-37,39,43-48,52,56,74-75H,13-16,18-23,25-27,30-34H2,1-4H3,(H2,61,65)(H,63,76)/t37-,43+,44?,45?,46+,48?,52-,56+/m0/s1. The van der Waals surface area contributed by atoms with Crippen molar-refractivity contribution >= 4 is 40.5 Å². The highest BCUT2D eigenvalue weighted by Crippen LogP contribution is 2.40. The van der Waals surface area contributed by atoms with Gasteiger partial charge in [-0.25, -0.2) is 4.98 Å². The van der Waals surface area contributed by atoms with Gasteiger partial charge in [-0.05, 0) is 112 Å². The van der Waals surface area contributed by atoms with Crippen LogP contribution >= 0.6 is 11.3 Å². The van der Waals surface area contributed by atoms with Crippen molar-refractivity contribution in [3.63, 3.8) is 0 Å². The molecule has 5 N–H and O–H groups in total. The lowest BCUT2D eigenvalue weighted by Gasteiger charge is -2.42. The molecular weight excluding hydrogens is 1030 g/mol. The number of aromatic nitrogens is 6. The van der Waals surface area contributed by atoms with Crippen molar-refractivity contribution in [3.8, 4) is 27.4 Å². The number of β-amino-alcohol motifs (C(OH)–C–C–N with tert-alkyl or cyclic N) is 1. The van der Waals surface area contributed by atoms with Crippen LogP contribution in [-0.4, -0.2) is 156 Å². The second-order valence-electron chi connectivity index (χ2n) is 23.9. The van der Waals surface area contributed by atoms with Crippen LogP contribution in [0.25, 0.3) is 21.7 Å². The zero-order valence-corrected chi connectivity index (χ0v) is 47.3. The van der Waals surface area contributed by atoms with Crippen LogP contribution in [0.1, 0.15) is 119 Å². The summed E-state index contributed by atoms with van der Waals surface area (Å²) in [5.41, 5.74) is 14.5. The number of ether oxygens (including phenoxy) is 1. The number of phenols is 1. The van der Waals surface area contributed by atoms with Gasteiger partial charge in [0, 0.05) is 95.2 Å². The van der Waals surface area contributed by atoms with Gasteiger partial charge in [0.25, 0.3) is 0 Å². The van der Waals surface area contributed by atoms with Crippen molar-refractivity contribution in [2.45, 2.75) is 146 Å². The number of likely N-dealkylation sites (tertiary alicyclic amines) is 2.